The molecule has 0 saturated carbocycles. The Hall–Kier alpha value is -3.89. The van der Waals surface area contributed by atoms with Crippen molar-refractivity contribution in [2.24, 2.45) is 0 Å². The van der Waals surface area contributed by atoms with Gasteiger partial charge in [0.15, 0.2) is 0 Å². The van der Waals surface area contributed by atoms with Gasteiger partial charge >= 0.3 is 11.9 Å². The van der Waals surface area contributed by atoms with Gasteiger partial charge in [0.25, 0.3) is 10.1 Å². The Morgan fingerprint density at radius 1 is 0.633 bits per heavy atom. The number of hydrogen-bond donors (Lipinski definition) is 5. The second kappa shape index (κ2) is 11.2. The van der Waals surface area contributed by atoms with Gasteiger partial charge in [-0.15, -0.1) is 0 Å². The van der Waals surface area contributed by atoms with Crippen molar-refractivity contribution in [1.29, 1.82) is 0 Å². The quantitative estimate of drug-likeness (QED) is 0.389. The van der Waals surface area contributed by atoms with Crippen molar-refractivity contribution in [3.8, 4) is 11.5 Å². The highest BCUT2D eigenvalue weighted by Crippen LogP contribution is 2.15. The van der Waals surface area contributed by atoms with Gasteiger partial charge in [0, 0.05) is 0 Å². The maximum absolute atomic E-state index is 10.8. The number of benzene rings is 3. The number of para-hydroxylation sites is 2. The molecular weight excluding hydrogens is 416 g/mol. The molecule has 5 N–H and O–H groups in total. The molecule has 0 amide bonds. The molecule has 0 unspecified atom stereocenters. The number of phenols is 2. The van der Waals surface area contributed by atoms with Gasteiger partial charge in [-0.25, -0.2) is 9.59 Å². The molecule has 0 aliphatic rings. The van der Waals surface area contributed by atoms with Gasteiger partial charge in [-0.3, -0.25) is 4.55 Å². The smallest absolute Gasteiger partial charge is 0.335 e. The Bertz CT molecular complexity index is 1010. The highest BCUT2D eigenvalue weighted by Gasteiger charge is 2.17. The van der Waals surface area contributed by atoms with E-state index in [1.165, 1.54) is 0 Å². The normalized spacial score (nSPS) is 9.90. The number of carbonyl (C=O) groups is 2. The first kappa shape index (κ1) is 24.1. The molecule has 0 spiro atoms. The summed E-state index contributed by atoms with van der Waals surface area (Å²) in [5, 5.41) is 34.5. The zero-order valence-electron chi connectivity index (χ0n) is 15.3. The van der Waals surface area contributed by atoms with Crippen LogP contribution < -0.4 is 0 Å². The van der Waals surface area contributed by atoms with Crippen LogP contribution in [0.25, 0.3) is 0 Å². The number of rotatable bonds is 3. The fourth-order valence-corrected chi connectivity index (χ4v) is 2.40. The average Bonchev–Trinajstić information content (AvgIpc) is 2.69. The van der Waals surface area contributed by atoms with Crippen molar-refractivity contribution in [2.75, 3.05) is 0 Å². The fraction of sp³-hybridized carbons (Fsp3) is 0. The number of carboxylic acids is 2. The van der Waals surface area contributed by atoms with Crippen LogP contribution in [0.3, 0.4) is 0 Å². The fourth-order valence-electron chi connectivity index (χ4n) is 1.85. The number of carboxylic acid groups (broad SMARTS) is 2. The minimum Gasteiger partial charge on any atom is -0.508 e. The van der Waals surface area contributed by atoms with E-state index in [-0.39, 0.29) is 0 Å². The monoisotopic (exact) mass is 434 g/mol. The lowest BCUT2D eigenvalue weighted by Crippen LogP contribution is -2.07. The lowest BCUT2D eigenvalue weighted by Gasteiger charge is -2.02. The van der Waals surface area contributed by atoms with Crippen LogP contribution >= 0.6 is 0 Å². The van der Waals surface area contributed by atoms with E-state index in [4.69, 9.17) is 25.0 Å². The summed E-state index contributed by atoms with van der Waals surface area (Å²) in [4.78, 5) is 20.4. The van der Waals surface area contributed by atoms with E-state index in [0.717, 1.165) is 6.07 Å². The van der Waals surface area contributed by atoms with E-state index in [2.05, 4.69) is 0 Å². The van der Waals surface area contributed by atoms with Crippen molar-refractivity contribution in [2.45, 2.75) is 4.90 Å². The molecule has 9 nitrogen and oxygen atoms in total. The predicted molar refractivity (Wildman–Crippen MR) is 106 cm³/mol. The summed E-state index contributed by atoms with van der Waals surface area (Å²) in [5.41, 5.74) is -1.07. The second-order valence-electron chi connectivity index (χ2n) is 5.50. The maximum atomic E-state index is 10.8. The largest absolute Gasteiger partial charge is 0.508 e. The Morgan fingerprint density at radius 3 is 1.17 bits per heavy atom. The molecule has 158 valence electrons. The van der Waals surface area contributed by atoms with Crippen LogP contribution in [-0.2, 0) is 10.1 Å². The number of aromatic hydroxyl groups is 2. The van der Waals surface area contributed by atoms with Crippen LogP contribution in [-0.4, -0.2) is 45.3 Å². The van der Waals surface area contributed by atoms with E-state index in [9.17, 15) is 18.0 Å². The zero-order valence-corrected chi connectivity index (χ0v) is 16.1. The number of aromatic carboxylic acids is 2. The molecule has 0 radical (unpaired) electrons. The number of phenolic OH excluding ortho intramolecular Hbond substituents is 2. The first-order chi connectivity index (χ1) is 14.0. The van der Waals surface area contributed by atoms with E-state index in [1.807, 2.05) is 12.1 Å². The highest BCUT2D eigenvalue weighted by molar-refractivity contribution is 7.85. The third-order valence-electron chi connectivity index (χ3n) is 3.21. The summed E-state index contributed by atoms with van der Waals surface area (Å²) in [7, 11) is -4.64. The van der Waals surface area contributed by atoms with Gasteiger partial charge in [-0.1, -0.05) is 36.4 Å². The molecule has 0 aromatic heterocycles. The molecule has 0 bridgehead atoms. The van der Waals surface area contributed by atoms with Crippen molar-refractivity contribution in [1.82, 2.24) is 0 Å². The van der Waals surface area contributed by atoms with E-state index in [0.29, 0.717) is 23.6 Å². The van der Waals surface area contributed by atoms with E-state index < -0.39 is 38.1 Å². The van der Waals surface area contributed by atoms with Crippen molar-refractivity contribution < 1.29 is 43.0 Å². The molecule has 30 heavy (non-hydrogen) atoms. The number of hydrogen-bond acceptors (Lipinski definition) is 6. The molecule has 0 atom stereocenters. The van der Waals surface area contributed by atoms with Crippen LogP contribution in [0.4, 0.5) is 0 Å². The third kappa shape index (κ3) is 8.87. The van der Waals surface area contributed by atoms with Gasteiger partial charge in [-0.05, 0) is 42.5 Å². The third-order valence-corrected chi connectivity index (χ3v) is 4.04. The van der Waals surface area contributed by atoms with Crippen molar-refractivity contribution >= 4 is 22.1 Å². The topological polar surface area (TPSA) is 169 Å². The zero-order chi connectivity index (χ0) is 22.7. The molecule has 3 aromatic rings. The van der Waals surface area contributed by atoms with Crippen molar-refractivity contribution in [3.63, 3.8) is 0 Å². The van der Waals surface area contributed by atoms with E-state index >= 15 is 0 Å². The van der Waals surface area contributed by atoms with Crippen LogP contribution in [0, 0.1) is 0 Å². The summed E-state index contributed by atoms with van der Waals surface area (Å²) in [6.07, 6.45) is 0. The molecule has 0 saturated heterocycles. The summed E-state index contributed by atoms with van der Waals surface area (Å²) < 4.78 is 30.2. The lowest BCUT2D eigenvalue weighted by atomic mass is 10.1. The molecule has 0 aliphatic heterocycles. The van der Waals surface area contributed by atoms with Crippen LogP contribution in [0.2, 0.25) is 0 Å². The molecule has 10 heteroatoms. The average molecular weight is 434 g/mol. The van der Waals surface area contributed by atoms with Gasteiger partial charge in [-0.2, -0.15) is 8.42 Å². The first-order valence-electron chi connectivity index (χ1n) is 8.08. The standard InChI is InChI=1S/C8H6O7S.2C6H6O/c9-7(10)4-1-5(8(11)12)3-6(2-4)16(13,14)15;2*7-6-4-2-1-3-5-6/h1-3H,(H,9,10)(H,11,12)(H,13,14,15);2*1-5,7H. The summed E-state index contributed by atoms with van der Waals surface area (Å²) in [6.45, 7) is 0. The van der Waals surface area contributed by atoms with Gasteiger partial charge in [0.1, 0.15) is 11.5 Å². The lowest BCUT2D eigenvalue weighted by molar-refractivity contribution is 0.0696. The van der Waals surface area contributed by atoms with Crippen molar-refractivity contribution in [3.05, 3.63) is 90.0 Å². The Labute approximate surface area is 171 Å². The highest BCUT2D eigenvalue weighted by atomic mass is 32.2. The van der Waals surface area contributed by atoms with Gasteiger partial charge in [0.2, 0.25) is 0 Å². The molecule has 3 rings (SSSR count). The van der Waals surface area contributed by atoms with E-state index in [1.54, 1.807) is 48.5 Å². The predicted octanol–water partition coefficient (Wildman–Crippen LogP) is 3.11. The van der Waals surface area contributed by atoms with Crippen LogP contribution in [0.5, 0.6) is 11.5 Å². The minimum absolute atomic E-state index is 0.322. The Kier molecular flexibility index (Phi) is 9.01. The van der Waals surface area contributed by atoms with Crippen LogP contribution in [0.1, 0.15) is 20.7 Å². The summed E-state index contributed by atoms with van der Waals surface area (Å²) >= 11 is 0. The molecular formula is C20H18O9S. The Balaban J connectivity index is 0.000000263. The van der Waals surface area contributed by atoms with Gasteiger partial charge < -0.3 is 20.4 Å². The first-order valence-corrected chi connectivity index (χ1v) is 9.52. The minimum atomic E-state index is -4.64. The SMILES string of the molecule is O=C(O)c1cc(C(=O)O)cc(S(=O)(=O)O)c1.Oc1ccccc1.Oc1ccccc1. The molecule has 0 aliphatic carbocycles. The second-order valence-corrected chi connectivity index (χ2v) is 6.92. The molecule has 0 heterocycles. The van der Waals surface area contributed by atoms with Gasteiger partial charge in [0.05, 0.1) is 16.0 Å². The summed E-state index contributed by atoms with van der Waals surface area (Å²) in [5.74, 6) is -2.34. The maximum Gasteiger partial charge on any atom is 0.335 e. The Morgan fingerprint density at radius 2 is 0.967 bits per heavy atom. The molecule has 3 aromatic carbocycles. The molecule has 0 fully saturated rings. The summed E-state index contributed by atoms with van der Waals surface area (Å²) in [6, 6.07) is 19.6. The van der Waals surface area contributed by atoms with Crippen LogP contribution in [0.15, 0.2) is 83.8 Å².